The Balaban J connectivity index is 1.66. The minimum Gasteiger partial charge on any atom is -0.472 e. The van der Waals surface area contributed by atoms with Crippen LogP contribution >= 0.6 is 0 Å². The van der Waals surface area contributed by atoms with Gasteiger partial charge in [-0.1, -0.05) is 60.7 Å². The SMILES string of the molecule is C=CC=C(C=CCF)C(=O)N1CCn2nc(OCc3cccc(C)c3)cc2C1. The molecule has 1 aromatic carbocycles. The Morgan fingerprint density at radius 1 is 1.36 bits per heavy atom. The highest BCUT2D eigenvalue weighted by molar-refractivity contribution is 5.96. The largest absolute Gasteiger partial charge is 0.472 e. The number of halogens is 1. The molecule has 0 bridgehead atoms. The first-order chi connectivity index (χ1) is 13.6. The van der Waals surface area contributed by atoms with Gasteiger partial charge in [-0.25, -0.2) is 4.39 Å². The average molecular weight is 381 g/mol. The fourth-order valence-electron chi connectivity index (χ4n) is 3.12. The van der Waals surface area contributed by atoms with Crippen LogP contribution in [0.4, 0.5) is 4.39 Å². The van der Waals surface area contributed by atoms with Crippen LogP contribution in [-0.2, 0) is 24.5 Å². The summed E-state index contributed by atoms with van der Waals surface area (Å²) >= 11 is 0. The van der Waals surface area contributed by atoms with Gasteiger partial charge in [0.2, 0.25) is 5.88 Å². The van der Waals surface area contributed by atoms with Crippen molar-refractivity contribution in [2.45, 2.75) is 26.6 Å². The minimum atomic E-state index is -0.615. The number of rotatable bonds is 7. The van der Waals surface area contributed by atoms with Crippen molar-refractivity contribution in [1.29, 1.82) is 0 Å². The number of amides is 1. The van der Waals surface area contributed by atoms with Crippen LogP contribution < -0.4 is 4.74 Å². The first kappa shape index (κ1) is 19.6. The zero-order valence-corrected chi connectivity index (χ0v) is 16.0. The second-order valence-electron chi connectivity index (χ2n) is 6.62. The van der Waals surface area contributed by atoms with Gasteiger partial charge in [-0.05, 0) is 12.5 Å². The first-order valence-corrected chi connectivity index (χ1v) is 9.20. The number of alkyl halides is 1. The number of aryl methyl sites for hydroxylation is 1. The minimum absolute atomic E-state index is 0.153. The van der Waals surface area contributed by atoms with E-state index in [1.807, 2.05) is 35.9 Å². The van der Waals surface area contributed by atoms with Crippen molar-refractivity contribution in [3.63, 3.8) is 0 Å². The van der Waals surface area contributed by atoms with E-state index in [-0.39, 0.29) is 5.91 Å². The van der Waals surface area contributed by atoms with Crippen LogP contribution in [0.1, 0.15) is 16.8 Å². The second kappa shape index (κ2) is 9.17. The molecule has 5 nitrogen and oxygen atoms in total. The van der Waals surface area contributed by atoms with Gasteiger partial charge in [0, 0.05) is 18.2 Å². The van der Waals surface area contributed by atoms with Crippen LogP contribution in [0, 0.1) is 6.92 Å². The number of hydrogen-bond acceptors (Lipinski definition) is 3. The molecular weight excluding hydrogens is 357 g/mol. The maximum Gasteiger partial charge on any atom is 0.254 e. The van der Waals surface area contributed by atoms with Crippen molar-refractivity contribution in [1.82, 2.24) is 14.7 Å². The highest BCUT2D eigenvalue weighted by atomic mass is 19.1. The van der Waals surface area contributed by atoms with E-state index >= 15 is 0 Å². The topological polar surface area (TPSA) is 47.4 Å². The van der Waals surface area contributed by atoms with Crippen LogP contribution in [0.15, 0.2) is 66.8 Å². The fraction of sp³-hybridized carbons (Fsp3) is 0.273. The van der Waals surface area contributed by atoms with Crippen molar-refractivity contribution in [2.24, 2.45) is 0 Å². The van der Waals surface area contributed by atoms with Gasteiger partial charge in [-0.2, -0.15) is 0 Å². The molecule has 1 aliphatic rings. The number of benzene rings is 1. The number of ether oxygens (including phenoxy) is 1. The Morgan fingerprint density at radius 3 is 2.96 bits per heavy atom. The summed E-state index contributed by atoms with van der Waals surface area (Å²) in [5.74, 6) is 0.393. The first-order valence-electron chi connectivity index (χ1n) is 9.20. The summed E-state index contributed by atoms with van der Waals surface area (Å²) in [6, 6.07) is 10.0. The molecule has 1 aliphatic heterocycles. The maximum absolute atomic E-state index is 12.7. The Morgan fingerprint density at radius 2 is 2.21 bits per heavy atom. The zero-order valence-electron chi connectivity index (χ0n) is 16.0. The van der Waals surface area contributed by atoms with Crippen molar-refractivity contribution < 1.29 is 13.9 Å². The van der Waals surface area contributed by atoms with Crippen LogP contribution in [0.3, 0.4) is 0 Å². The van der Waals surface area contributed by atoms with Crippen molar-refractivity contribution in [2.75, 3.05) is 13.2 Å². The zero-order chi connectivity index (χ0) is 19.9. The fourth-order valence-corrected chi connectivity index (χ4v) is 3.12. The summed E-state index contributed by atoms with van der Waals surface area (Å²) < 4.78 is 20.1. The number of hydrogen-bond donors (Lipinski definition) is 0. The molecule has 28 heavy (non-hydrogen) atoms. The molecule has 0 saturated carbocycles. The van der Waals surface area contributed by atoms with Crippen molar-refractivity contribution in [3.8, 4) is 5.88 Å². The molecule has 0 unspecified atom stereocenters. The van der Waals surface area contributed by atoms with E-state index in [1.54, 1.807) is 11.0 Å². The third-order valence-electron chi connectivity index (χ3n) is 4.46. The number of allylic oxidation sites excluding steroid dienone is 3. The number of carbonyl (C=O) groups excluding carboxylic acids is 1. The molecule has 2 aromatic rings. The maximum atomic E-state index is 12.7. The molecule has 0 saturated heterocycles. The summed E-state index contributed by atoms with van der Waals surface area (Å²) in [4.78, 5) is 14.5. The van der Waals surface area contributed by atoms with Crippen LogP contribution in [-0.4, -0.2) is 33.8 Å². The van der Waals surface area contributed by atoms with E-state index in [1.165, 1.54) is 23.8 Å². The monoisotopic (exact) mass is 381 g/mol. The number of carbonyl (C=O) groups is 1. The highest BCUT2D eigenvalue weighted by Crippen LogP contribution is 2.20. The molecule has 2 heterocycles. The van der Waals surface area contributed by atoms with E-state index in [9.17, 15) is 9.18 Å². The van der Waals surface area contributed by atoms with E-state index in [0.717, 1.165) is 11.3 Å². The smallest absolute Gasteiger partial charge is 0.254 e. The molecule has 146 valence electrons. The molecule has 1 aromatic heterocycles. The molecular formula is C22H24FN3O2. The van der Waals surface area contributed by atoms with Gasteiger partial charge in [0.05, 0.1) is 18.8 Å². The molecule has 1 amide bonds. The van der Waals surface area contributed by atoms with Gasteiger partial charge in [0.1, 0.15) is 13.3 Å². The number of aromatic nitrogens is 2. The molecule has 0 spiro atoms. The quantitative estimate of drug-likeness (QED) is 0.542. The summed E-state index contributed by atoms with van der Waals surface area (Å²) in [6.45, 7) is 7.04. The molecule has 0 aliphatic carbocycles. The Labute approximate surface area is 164 Å². The summed E-state index contributed by atoms with van der Waals surface area (Å²) in [7, 11) is 0. The third-order valence-corrected chi connectivity index (χ3v) is 4.46. The Bertz CT molecular complexity index is 914. The lowest BCUT2D eigenvalue weighted by molar-refractivity contribution is -0.128. The average Bonchev–Trinajstić information content (AvgIpc) is 3.11. The van der Waals surface area contributed by atoms with E-state index in [0.29, 0.717) is 37.7 Å². The lowest BCUT2D eigenvalue weighted by Gasteiger charge is -2.27. The summed E-state index contributed by atoms with van der Waals surface area (Å²) in [5.41, 5.74) is 3.59. The second-order valence-corrected chi connectivity index (χ2v) is 6.62. The normalized spacial score (nSPS) is 14.2. The summed E-state index contributed by atoms with van der Waals surface area (Å²) in [6.07, 6.45) is 5.93. The van der Waals surface area contributed by atoms with Gasteiger partial charge < -0.3 is 9.64 Å². The van der Waals surface area contributed by atoms with E-state index in [4.69, 9.17) is 4.74 Å². The summed E-state index contributed by atoms with van der Waals surface area (Å²) in [5, 5.41) is 4.47. The lowest BCUT2D eigenvalue weighted by Crippen LogP contribution is -2.38. The Hall–Kier alpha value is -3.15. The predicted octanol–water partition coefficient (Wildman–Crippen LogP) is 3.75. The molecule has 0 radical (unpaired) electrons. The van der Waals surface area contributed by atoms with Crippen LogP contribution in [0.2, 0.25) is 0 Å². The molecule has 0 fully saturated rings. The van der Waals surface area contributed by atoms with E-state index < -0.39 is 6.67 Å². The van der Waals surface area contributed by atoms with Gasteiger partial charge in [-0.15, -0.1) is 5.10 Å². The van der Waals surface area contributed by atoms with Gasteiger partial charge in [0.15, 0.2) is 0 Å². The van der Waals surface area contributed by atoms with Gasteiger partial charge in [-0.3, -0.25) is 9.48 Å². The predicted molar refractivity (Wildman–Crippen MR) is 107 cm³/mol. The van der Waals surface area contributed by atoms with Crippen molar-refractivity contribution in [3.05, 3.63) is 83.6 Å². The van der Waals surface area contributed by atoms with Gasteiger partial charge >= 0.3 is 0 Å². The Kier molecular flexibility index (Phi) is 6.42. The molecule has 0 atom stereocenters. The molecule has 3 rings (SSSR count). The highest BCUT2D eigenvalue weighted by Gasteiger charge is 2.24. The van der Waals surface area contributed by atoms with E-state index in [2.05, 4.69) is 17.7 Å². The standard InChI is InChI=1S/C22H24FN3O2/c1-3-6-19(9-5-10-23)22(27)25-11-12-26-20(15-25)14-21(24-26)28-16-18-8-4-7-17(2)13-18/h3-9,13-14H,1,10-12,15-16H2,2H3. The lowest BCUT2D eigenvalue weighted by atomic mass is 10.1. The number of fused-ring (bicyclic) bond motifs is 1. The molecule has 0 N–H and O–H groups in total. The van der Waals surface area contributed by atoms with Crippen molar-refractivity contribution >= 4 is 5.91 Å². The molecule has 6 heteroatoms. The third kappa shape index (κ3) is 4.76. The van der Waals surface area contributed by atoms with Crippen LogP contribution in [0.5, 0.6) is 5.88 Å². The number of nitrogens with zero attached hydrogens (tertiary/aromatic N) is 3. The van der Waals surface area contributed by atoms with Crippen LogP contribution in [0.25, 0.3) is 0 Å². The van der Waals surface area contributed by atoms with Gasteiger partial charge in [0.25, 0.3) is 5.91 Å².